The van der Waals surface area contributed by atoms with Crippen LogP contribution >= 0.6 is 24.8 Å². The molecule has 0 radical (unpaired) electrons. The molecule has 1 saturated heterocycles. The van der Waals surface area contributed by atoms with E-state index in [1.54, 1.807) is 6.20 Å². The van der Waals surface area contributed by atoms with E-state index < -0.39 is 10.0 Å². The maximum atomic E-state index is 12.0. The van der Waals surface area contributed by atoms with Crippen molar-refractivity contribution in [3.8, 4) is 0 Å². The van der Waals surface area contributed by atoms with E-state index in [1.165, 1.54) is 0 Å². The quantitative estimate of drug-likeness (QED) is 0.627. The summed E-state index contributed by atoms with van der Waals surface area (Å²) in [6, 6.07) is 0.0408. The Bertz CT molecular complexity index is 668. The molecule has 152 valence electrons. The zero-order chi connectivity index (χ0) is 17.7. The van der Waals surface area contributed by atoms with Crippen molar-refractivity contribution in [2.75, 3.05) is 25.9 Å². The summed E-state index contributed by atoms with van der Waals surface area (Å²) in [6.07, 6.45) is 6.83. The first-order valence-corrected chi connectivity index (χ1v) is 10.1. The van der Waals surface area contributed by atoms with Crippen molar-refractivity contribution in [3.05, 3.63) is 18.2 Å². The molecule has 1 aliphatic rings. The Morgan fingerprint density at radius 3 is 2.58 bits per heavy atom. The summed E-state index contributed by atoms with van der Waals surface area (Å²) in [5, 5.41) is 2.98. The average molecular weight is 430 g/mol. The molecule has 2 rings (SSSR count). The summed E-state index contributed by atoms with van der Waals surface area (Å²) in [5.41, 5.74) is 0. The van der Waals surface area contributed by atoms with Gasteiger partial charge in [-0.1, -0.05) is 13.3 Å². The van der Waals surface area contributed by atoms with E-state index in [1.807, 2.05) is 17.8 Å². The molecule has 2 heterocycles. The van der Waals surface area contributed by atoms with Gasteiger partial charge in [0.25, 0.3) is 0 Å². The number of rotatable bonds is 8. The third-order valence-corrected chi connectivity index (χ3v) is 4.97. The first kappa shape index (κ1) is 25.1. The van der Waals surface area contributed by atoms with Crippen LogP contribution < -0.4 is 10.0 Å². The molecule has 1 aromatic rings. The Kier molecular flexibility index (Phi) is 10.7. The fourth-order valence-electron chi connectivity index (χ4n) is 3.12. The van der Waals surface area contributed by atoms with Crippen molar-refractivity contribution in [1.82, 2.24) is 24.5 Å². The van der Waals surface area contributed by atoms with Gasteiger partial charge in [-0.3, -0.25) is 9.69 Å². The van der Waals surface area contributed by atoms with E-state index in [0.29, 0.717) is 5.92 Å². The van der Waals surface area contributed by atoms with Crippen molar-refractivity contribution in [1.29, 1.82) is 0 Å². The number of imidazole rings is 1. The predicted molar refractivity (Wildman–Crippen MR) is 106 cm³/mol. The highest BCUT2D eigenvalue weighted by molar-refractivity contribution is 7.88. The SMILES string of the molecule is CCC[C@H]1CN(Cc2nccn2C)C[C@@H]1NC(=O)CNS(C)(=O)=O.Cl.Cl. The van der Waals surface area contributed by atoms with Crippen LogP contribution in [0.2, 0.25) is 0 Å². The monoisotopic (exact) mass is 429 g/mol. The highest BCUT2D eigenvalue weighted by Gasteiger charge is 2.33. The Morgan fingerprint density at radius 2 is 2.04 bits per heavy atom. The molecular formula is C15H29Cl2N5O3S. The van der Waals surface area contributed by atoms with Gasteiger partial charge in [0.15, 0.2) is 0 Å². The van der Waals surface area contributed by atoms with Crippen molar-refractivity contribution in [2.24, 2.45) is 13.0 Å². The van der Waals surface area contributed by atoms with Crippen LogP contribution in [0.1, 0.15) is 25.6 Å². The second-order valence-corrected chi connectivity index (χ2v) is 8.30. The molecule has 0 bridgehead atoms. The van der Waals surface area contributed by atoms with Gasteiger partial charge in [-0.2, -0.15) is 0 Å². The van der Waals surface area contributed by atoms with Crippen LogP contribution in [0.25, 0.3) is 0 Å². The van der Waals surface area contributed by atoms with E-state index >= 15 is 0 Å². The number of hydrogen-bond donors (Lipinski definition) is 2. The third-order valence-electron chi connectivity index (χ3n) is 4.30. The Morgan fingerprint density at radius 1 is 1.35 bits per heavy atom. The van der Waals surface area contributed by atoms with Crippen LogP contribution in [0.5, 0.6) is 0 Å². The molecule has 1 amide bonds. The number of halogens is 2. The molecule has 0 unspecified atom stereocenters. The lowest BCUT2D eigenvalue weighted by Crippen LogP contribution is -2.45. The minimum absolute atomic E-state index is 0. The molecule has 0 aliphatic carbocycles. The normalized spacial score (nSPS) is 20.3. The van der Waals surface area contributed by atoms with Crippen molar-refractivity contribution < 1.29 is 13.2 Å². The Balaban J connectivity index is 0.00000312. The highest BCUT2D eigenvalue weighted by atomic mass is 35.5. The molecule has 1 aliphatic heterocycles. The molecular weight excluding hydrogens is 401 g/mol. The first-order chi connectivity index (χ1) is 11.3. The van der Waals surface area contributed by atoms with Crippen molar-refractivity contribution in [3.63, 3.8) is 0 Å². The van der Waals surface area contributed by atoms with Crippen LogP contribution in [0, 0.1) is 5.92 Å². The maximum Gasteiger partial charge on any atom is 0.235 e. The maximum absolute atomic E-state index is 12.0. The molecule has 0 spiro atoms. The number of hydrogen-bond acceptors (Lipinski definition) is 5. The summed E-state index contributed by atoms with van der Waals surface area (Å²) in [7, 11) is -1.39. The Labute approximate surface area is 168 Å². The number of likely N-dealkylation sites (tertiary alicyclic amines) is 1. The fourth-order valence-corrected chi connectivity index (χ4v) is 3.51. The van der Waals surface area contributed by atoms with Gasteiger partial charge in [-0.05, 0) is 12.3 Å². The molecule has 2 N–H and O–H groups in total. The van der Waals surface area contributed by atoms with E-state index in [0.717, 1.165) is 44.6 Å². The van der Waals surface area contributed by atoms with E-state index in [2.05, 4.69) is 26.8 Å². The van der Waals surface area contributed by atoms with E-state index in [9.17, 15) is 13.2 Å². The lowest BCUT2D eigenvalue weighted by atomic mass is 9.98. The number of aromatic nitrogens is 2. The lowest BCUT2D eigenvalue weighted by Gasteiger charge is -2.19. The van der Waals surface area contributed by atoms with Gasteiger partial charge in [0.2, 0.25) is 15.9 Å². The zero-order valence-electron chi connectivity index (χ0n) is 15.3. The smallest absolute Gasteiger partial charge is 0.235 e. The molecule has 1 fully saturated rings. The topological polar surface area (TPSA) is 96.3 Å². The van der Waals surface area contributed by atoms with Gasteiger partial charge in [-0.25, -0.2) is 18.1 Å². The third kappa shape index (κ3) is 7.79. The summed E-state index contributed by atoms with van der Waals surface area (Å²) < 4.78 is 26.4. The van der Waals surface area contributed by atoms with Crippen LogP contribution in [-0.4, -0.2) is 60.7 Å². The van der Waals surface area contributed by atoms with Gasteiger partial charge in [0.1, 0.15) is 5.82 Å². The second-order valence-electron chi connectivity index (χ2n) is 6.46. The lowest BCUT2D eigenvalue weighted by molar-refractivity contribution is -0.120. The number of carbonyl (C=O) groups is 1. The summed E-state index contributed by atoms with van der Waals surface area (Å²) >= 11 is 0. The number of carbonyl (C=O) groups excluding carboxylic acids is 1. The zero-order valence-corrected chi connectivity index (χ0v) is 17.8. The van der Waals surface area contributed by atoms with E-state index in [-0.39, 0.29) is 43.3 Å². The minimum Gasteiger partial charge on any atom is -0.351 e. The predicted octanol–water partition coefficient (Wildman–Crippen LogP) is 0.530. The molecule has 1 aromatic heterocycles. The average Bonchev–Trinajstić information content (AvgIpc) is 3.04. The van der Waals surface area contributed by atoms with Gasteiger partial charge in [0.05, 0.1) is 19.3 Å². The number of nitrogens with one attached hydrogen (secondary N) is 2. The van der Waals surface area contributed by atoms with Crippen LogP contribution in [-0.2, 0) is 28.4 Å². The Hall–Kier alpha value is -0.870. The van der Waals surface area contributed by atoms with Crippen molar-refractivity contribution >= 4 is 40.7 Å². The molecule has 2 atom stereocenters. The summed E-state index contributed by atoms with van der Waals surface area (Å²) in [5.74, 6) is 1.08. The molecule has 11 heteroatoms. The number of nitrogens with zero attached hydrogens (tertiary/aromatic N) is 3. The van der Waals surface area contributed by atoms with Gasteiger partial charge in [0, 0.05) is 38.6 Å². The van der Waals surface area contributed by atoms with Crippen LogP contribution in [0.15, 0.2) is 12.4 Å². The van der Waals surface area contributed by atoms with Gasteiger partial charge in [-0.15, -0.1) is 24.8 Å². The summed E-state index contributed by atoms with van der Waals surface area (Å²) in [6.45, 7) is 4.32. The molecule has 0 saturated carbocycles. The minimum atomic E-state index is -3.36. The summed E-state index contributed by atoms with van der Waals surface area (Å²) in [4.78, 5) is 18.6. The number of aryl methyl sites for hydroxylation is 1. The first-order valence-electron chi connectivity index (χ1n) is 8.21. The van der Waals surface area contributed by atoms with E-state index in [4.69, 9.17) is 0 Å². The standard InChI is InChI=1S/C15H27N5O3S.2ClH/c1-4-5-12-9-20(11-14-16-6-7-19(14)2)10-13(12)18-15(21)8-17-24(3,22)23;;/h6-7,12-13,17H,4-5,8-11H2,1-3H3,(H,18,21);2*1H/t12-,13-;;/m0../s1. The number of amides is 1. The van der Waals surface area contributed by atoms with Crippen LogP contribution in [0.4, 0.5) is 0 Å². The fraction of sp³-hybridized carbons (Fsp3) is 0.733. The molecule has 8 nitrogen and oxygen atoms in total. The number of sulfonamides is 1. The van der Waals surface area contributed by atoms with Gasteiger partial charge < -0.3 is 9.88 Å². The molecule has 0 aromatic carbocycles. The van der Waals surface area contributed by atoms with Crippen LogP contribution in [0.3, 0.4) is 0 Å². The second kappa shape index (κ2) is 11.1. The van der Waals surface area contributed by atoms with Gasteiger partial charge >= 0.3 is 0 Å². The highest BCUT2D eigenvalue weighted by Crippen LogP contribution is 2.23. The molecule has 26 heavy (non-hydrogen) atoms. The largest absolute Gasteiger partial charge is 0.351 e. The van der Waals surface area contributed by atoms with Crippen molar-refractivity contribution in [2.45, 2.75) is 32.4 Å².